The van der Waals surface area contributed by atoms with E-state index in [2.05, 4.69) is 16.4 Å². The van der Waals surface area contributed by atoms with E-state index in [1.165, 1.54) is 0 Å². The first kappa shape index (κ1) is 12.5. The van der Waals surface area contributed by atoms with Gasteiger partial charge in [-0.3, -0.25) is 9.78 Å². The minimum atomic E-state index is -0.743. The zero-order valence-corrected chi connectivity index (χ0v) is 10.1. The lowest BCUT2D eigenvalue weighted by Gasteiger charge is -2.30. The van der Waals surface area contributed by atoms with Crippen LogP contribution < -0.4 is 11.1 Å². The molecule has 0 aromatic carbocycles. The van der Waals surface area contributed by atoms with Crippen molar-refractivity contribution < 1.29 is 4.79 Å². The van der Waals surface area contributed by atoms with Gasteiger partial charge in [0.2, 0.25) is 5.91 Å². The van der Waals surface area contributed by atoms with Crippen molar-refractivity contribution in [2.45, 2.75) is 31.2 Å². The van der Waals surface area contributed by atoms with Gasteiger partial charge in [-0.25, -0.2) is 0 Å². The Morgan fingerprint density at radius 3 is 2.61 bits per heavy atom. The predicted molar refractivity (Wildman–Crippen MR) is 67.4 cm³/mol. The Morgan fingerprint density at radius 2 is 2.06 bits per heavy atom. The SMILES string of the molecule is N#CC1(N)CCC(C(=O)Nc2ccncc2)CC1. The number of amides is 1. The van der Waals surface area contributed by atoms with Gasteiger partial charge in [-0.2, -0.15) is 5.26 Å². The fraction of sp³-hybridized carbons (Fsp3) is 0.462. The van der Waals surface area contributed by atoms with Crippen LogP contribution in [0.1, 0.15) is 25.7 Å². The number of carbonyl (C=O) groups excluding carboxylic acids is 1. The molecule has 0 spiro atoms. The Hall–Kier alpha value is -1.93. The number of nitrogens with zero attached hydrogens (tertiary/aromatic N) is 2. The van der Waals surface area contributed by atoms with Crippen LogP contribution in [-0.2, 0) is 4.79 Å². The molecule has 0 aliphatic heterocycles. The van der Waals surface area contributed by atoms with Gasteiger partial charge in [0.15, 0.2) is 0 Å². The first-order valence-corrected chi connectivity index (χ1v) is 6.04. The van der Waals surface area contributed by atoms with Crippen molar-refractivity contribution >= 4 is 11.6 Å². The fourth-order valence-electron chi connectivity index (χ4n) is 2.19. The van der Waals surface area contributed by atoms with Gasteiger partial charge in [-0.15, -0.1) is 0 Å². The van der Waals surface area contributed by atoms with E-state index in [1.807, 2.05) is 0 Å². The summed E-state index contributed by atoms with van der Waals surface area (Å²) in [4.78, 5) is 15.9. The van der Waals surface area contributed by atoms with Crippen molar-refractivity contribution in [3.8, 4) is 6.07 Å². The third-order valence-electron chi connectivity index (χ3n) is 3.42. The second-order valence-corrected chi connectivity index (χ2v) is 4.77. The summed E-state index contributed by atoms with van der Waals surface area (Å²) in [5, 5.41) is 11.8. The minimum Gasteiger partial charge on any atom is -0.326 e. The highest BCUT2D eigenvalue weighted by Gasteiger charge is 2.34. The van der Waals surface area contributed by atoms with Crippen LogP contribution in [0.4, 0.5) is 5.69 Å². The summed E-state index contributed by atoms with van der Waals surface area (Å²) >= 11 is 0. The molecule has 1 aromatic rings. The van der Waals surface area contributed by atoms with E-state index in [0.29, 0.717) is 25.7 Å². The number of hydrogen-bond acceptors (Lipinski definition) is 4. The zero-order chi connectivity index (χ0) is 13.0. The molecule has 1 heterocycles. The average molecular weight is 244 g/mol. The summed E-state index contributed by atoms with van der Waals surface area (Å²) in [6, 6.07) is 5.63. The van der Waals surface area contributed by atoms with Crippen LogP contribution in [0.15, 0.2) is 24.5 Å². The lowest BCUT2D eigenvalue weighted by atomic mass is 9.77. The molecule has 0 atom stereocenters. The van der Waals surface area contributed by atoms with Crippen molar-refractivity contribution in [3.05, 3.63) is 24.5 Å². The van der Waals surface area contributed by atoms with Crippen LogP contribution in [0.5, 0.6) is 0 Å². The van der Waals surface area contributed by atoms with E-state index in [4.69, 9.17) is 11.0 Å². The number of aromatic nitrogens is 1. The largest absolute Gasteiger partial charge is 0.326 e. The Kier molecular flexibility index (Phi) is 3.58. The second kappa shape index (κ2) is 5.15. The molecule has 2 rings (SSSR count). The molecular weight excluding hydrogens is 228 g/mol. The normalized spacial score (nSPS) is 27.2. The van der Waals surface area contributed by atoms with Gasteiger partial charge >= 0.3 is 0 Å². The van der Waals surface area contributed by atoms with Gasteiger partial charge in [-0.1, -0.05) is 0 Å². The summed E-state index contributed by atoms with van der Waals surface area (Å²) in [6.45, 7) is 0. The number of hydrogen-bond donors (Lipinski definition) is 2. The molecule has 1 saturated carbocycles. The lowest BCUT2D eigenvalue weighted by molar-refractivity contribution is -0.120. The molecule has 1 amide bonds. The van der Waals surface area contributed by atoms with Gasteiger partial charge in [-0.05, 0) is 37.8 Å². The van der Waals surface area contributed by atoms with Crippen molar-refractivity contribution in [1.29, 1.82) is 5.26 Å². The Balaban J connectivity index is 1.91. The molecule has 0 saturated heterocycles. The molecule has 1 fully saturated rings. The van der Waals surface area contributed by atoms with Crippen molar-refractivity contribution in [2.75, 3.05) is 5.32 Å². The number of nitrogens with one attached hydrogen (secondary N) is 1. The molecule has 5 nitrogen and oxygen atoms in total. The molecule has 5 heteroatoms. The number of carbonyl (C=O) groups is 1. The maximum Gasteiger partial charge on any atom is 0.227 e. The van der Waals surface area contributed by atoms with E-state index >= 15 is 0 Å². The van der Waals surface area contributed by atoms with Crippen LogP contribution >= 0.6 is 0 Å². The topological polar surface area (TPSA) is 91.8 Å². The standard InChI is InChI=1S/C13H16N4O/c14-9-13(15)5-1-10(2-6-13)12(18)17-11-3-7-16-8-4-11/h3-4,7-8,10H,1-2,5-6,15H2,(H,16,17,18). The van der Waals surface area contributed by atoms with E-state index in [1.54, 1.807) is 24.5 Å². The van der Waals surface area contributed by atoms with Crippen molar-refractivity contribution in [2.24, 2.45) is 11.7 Å². The van der Waals surface area contributed by atoms with Gasteiger partial charge in [0.25, 0.3) is 0 Å². The van der Waals surface area contributed by atoms with E-state index in [0.717, 1.165) is 5.69 Å². The molecule has 1 aromatic heterocycles. The molecule has 0 unspecified atom stereocenters. The summed E-state index contributed by atoms with van der Waals surface area (Å²) < 4.78 is 0. The highest BCUT2D eigenvalue weighted by molar-refractivity contribution is 5.92. The van der Waals surface area contributed by atoms with Crippen LogP contribution in [0.2, 0.25) is 0 Å². The third kappa shape index (κ3) is 2.84. The van der Waals surface area contributed by atoms with Gasteiger partial charge in [0.1, 0.15) is 5.54 Å². The second-order valence-electron chi connectivity index (χ2n) is 4.77. The molecule has 18 heavy (non-hydrogen) atoms. The van der Waals surface area contributed by atoms with Crippen LogP contribution in [0.3, 0.4) is 0 Å². The minimum absolute atomic E-state index is 0.00110. The summed E-state index contributed by atoms with van der Waals surface area (Å²) in [6.07, 6.45) is 5.77. The summed E-state index contributed by atoms with van der Waals surface area (Å²) in [7, 11) is 0. The van der Waals surface area contributed by atoms with E-state index in [9.17, 15) is 4.79 Å². The third-order valence-corrected chi connectivity index (χ3v) is 3.42. The molecular formula is C13H16N4O. The Labute approximate surface area is 106 Å². The number of rotatable bonds is 2. The quantitative estimate of drug-likeness (QED) is 0.823. The summed E-state index contributed by atoms with van der Waals surface area (Å²) in [5.41, 5.74) is 5.88. The molecule has 94 valence electrons. The average Bonchev–Trinajstić information content (AvgIpc) is 2.40. The van der Waals surface area contributed by atoms with Gasteiger partial charge in [0, 0.05) is 24.0 Å². The first-order valence-electron chi connectivity index (χ1n) is 6.04. The van der Waals surface area contributed by atoms with Crippen LogP contribution in [0, 0.1) is 17.2 Å². The number of nitriles is 1. The lowest BCUT2D eigenvalue weighted by Crippen LogP contribution is -2.43. The Morgan fingerprint density at radius 1 is 1.44 bits per heavy atom. The molecule has 3 N–H and O–H groups in total. The molecule has 1 aliphatic rings. The van der Waals surface area contributed by atoms with Gasteiger partial charge < -0.3 is 11.1 Å². The fourth-order valence-corrected chi connectivity index (χ4v) is 2.19. The van der Waals surface area contributed by atoms with Crippen molar-refractivity contribution in [1.82, 2.24) is 4.98 Å². The van der Waals surface area contributed by atoms with Crippen LogP contribution in [0.25, 0.3) is 0 Å². The van der Waals surface area contributed by atoms with E-state index in [-0.39, 0.29) is 11.8 Å². The molecule has 0 bridgehead atoms. The zero-order valence-electron chi connectivity index (χ0n) is 10.1. The highest BCUT2D eigenvalue weighted by Crippen LogP contribution is 2.30. The number of anilines is 1. The van der Waals surface area contributed by atoms with Gasteiger partial charge in [0.05, 0.1) is 6.07 Å². The number of pyridine rings is 1. The molecule has 0 radical (unpaired) electrons. The summed E-state index contributed by atoms with van der Waals surface area (Å²) in [5.74, 6) is -0.0515. The monoisotopic (exact) mass is 244 g/mol. The maximum atomic E-state index is 12.0. The number of nitrogens with two attached hydrogens (primary N) is 1. The van der Waals surface area contributed by atoms with Crippen LogP contribution in [-0.4, -0.2) is 16.4 Å². The first-order chi connectivity index (χ1) is 8.63. The maximum absolute atomic E-state index is 12.0. The molecule has 1 aliphatic carbocycles. The Bertz CT molecular complexity index is 458. The highest BCUT2D eigenvalue weighted by atomic mass is 16.1. The van der Waals surface area contributed by atoms with Crippen molar-refractivity contribution in [3.63, 3.8) is 0 Å². The van der Waals surface area contributed by atoms with E-state index < -0.39 is 5.54 Å². The smallest absolute Gasteiger partial charge is 0.227 e. The predicted octanol–water partition coefficient (Wildman–Crippen LogP) is 1.43.